The third-order valence-corrected chi connectivity index (χ3v) is 10.2. The first-order valence-corrected chi connectivity index (χ1v) is 15.3. The Hall–Kier alpha value is -3.12. The van der Waals surface area contributed by atoms with Gasteiger partial charge in [0.2, 0.25) is 0 Å². The quantitative estimate of drug-likeness (QED) is 0.329. The van der Waals surface area contributed by atoms with Crippen molar-refractivity contribution in [2.45, 2.75) is 81.4 Å². The third kappa shape index (κ3) is 6.19. The zero-order chi connectivity index (χ0) is 32.3. The number of aromatic carboxylic acids is 1. The summed E-state index contributed by atoms with van der Waals surface area (Å²) in [6.45, 7) is 6.41. The van der Waals surface area contributed by atoms with Gasteiger partial charge in [0.25, 0.3) is 0 Å². The number of hydrogen-bond acceptors (Lipinski definition) is 4. The van der Waals surface area contributed by atoms with E-state index in [2.05, 4.69) is 11.5 Å². The fraction of sp³-hybridized carbons (Fsp3) is 0.545. The van der Waals surface area contributed by atoms with E-state index in [0.717, 1.165) is 56.8 Å². The average Bonchev–Trinajstić information content (AvgIpc) is 3.85. The number of benzene rings is 2. The molecule has 0 unspecified atom stereocenters. The van der Waals surface area contributed by atoms with Gasteiger partial charge in [0.15, 0.2) is 0 Å². The zero-order valence-corrected chi connectivity index (χ0v) is 24.6. The second kappa shape index (κ2) is 11.6. The van der Waals surface area contributed by atoms with Crippen LogP contribution in [0.5, 0.6) is 0 Å². The minimum Gasteiger partial charge on any atom is -0.478 e. The molecule has 1 saturated carbocycles. The lowest BCUT2D eigenvalue weighted by Crippen LogP contribution is -2.54. The Kier molecular flexibility index (Phi) is 8.21. The number of carbonyl (C=O) groups is 1. The van der Waals surface area contributed by atoms with E-state index in [1.807, 2.05) is 0 Å². The maximum Gasteiger partial charge on any atom is 0.416 e. The van der Waals surface area contributed by atoms with Crippen molar-refractivity contribution in [2.75, 3.05) is 26.2 Å². The number of carboxylic acids is 1. The molecule has 2 aromatic rings. The highest BCUT2D eigenvalue weighted by Gasteiger charge is 2.53. The minimum atomic E-state index is -4.90. The fourth-order valence-corrected chi connectivity index (χ4v) is 7.58. The normalized spacial score (nSPS) is 25.2. The van der Waals surface area contributed by atoms with Crippen molar-refractivity contribution in [1.29, 1.82) is 0 Å². The summed E-state index contributed by atoms with van der Waals surface area (Å²) in [6.07, 6.45) is -4.96. The fourth-order valence-electron chi connectivity index (χ4n) is 7.58. The van der Waals surface area contributed by atoms with Crippen LogP contribution in [0, 0.1) is 11.7 Å². The largest absolute Gasteiger partial charge is 0.478 e. The smallest absolute Gasteiger partial charge is 0.416 e. The summed E-state index contributed by atoms with van der Waals surface area (Å²) in [5.74, 6) is -1.73. The van der Waals surface area contributed by atoms with E-state index >= 15 is 0 Å². The second-order valence-electron chi connectivity index (χ2n) is 12.8. The van der Waals surface area contributed by atoms with Gasteiger partial charge in [-0.1, -0.05) is 12.6 Å². The number of nitrogens with zero attached hydrogens (tertiary/aromatic N) is 2. The van der Waals surface area contributed by atoms with Crippen LogP contribution >= 0.6 is 0 Å². The molecule has 1 aliphatic carbocycles. The van der Waals surface area contributed by atoms with Gasteiger partial charge >= 0.3 is 18.3 Å². The second-order valence-corrected chi connectivity index (χ2v) is 12.8. The number of alkyl halides is 6. The van der Waals surface area contributed by atoms with Crippen molar-refractivity contribution in [2.24, 2.45) is 5.92 Å². The average molecular weight is 641 g/mol. The molecule has 0 radical (unpaired) electrons. The maximum atomic E-state index is 13.9. The lowest BCUT2D eigenvalue weighted by Gasteiger charge is -2.49. The molecule has 6 rings (SSSR count). The Morgan fingerprint density at radius 1 is 0.956 bits per heavy atom. The van der Waals surface area contributed by atoms with Crippen molar-refractivity contribution in [3.05, 3.63) is 81.8 Å². The summed E-state index contributed by atoms with van der Waals surface area (Å²) < 4.78 is 102. The predicted octanol–water partition coefficient (Wildman–Crippen LogP) is 7.64. The van der Waals surface area contributed by atoms with Gasteiger partial charge in [-0.15, -0.1) is 0 Å². The Bertz CT molecular complexity index is 1470. The summed E-state index contributed by atoms with van der Waals surface area (Å²) in [5.41, 5.74) is -2.20. The van der Waals surface area contributed by atoms with Crippen molar-refractivity contribution >= 4 is 5.97 Å². The number of piperidine rings is 1. The number of hydrogen-bond donors (Lipinski definition) is 1. The molecule has 0 amide bonds. The number of rotatable bonds is 6. The van der Waals surface area contributed by atoms with Crippen molar-refractivity contribution < 1.29 is 45.4 Å². The van der Waals surface area contributed by atoms with Gasteiger partial charge in [-0.25, -0.2) is 9.18 Å². The minimum absolute atomic E-state index is 0.0173. The SMILES string of the molecule is C=C(N1CCc2c(cc(C(F)(F)F)cc2C(F)(F)F)C1)[C@@]1(C2CC2)CC[C@@H](N2CCC(c3ccc(F)c(C(=O)O)c3)CC2)CO1. The topological polar surface area (TPSA) is 53.0 Å². The molecule has 45 heavy (non-hydrogen) atoms. The predicted molar refractivity (Wildman–Crippen MR) is 151 cm³/mol. The number of ether oxygens (including phenoxy) is 1. The van der Waals surface area contributed by atoms with Crippen LogP contribution in [0.2, 0.25) is 0 Å². The highest BCUT2D eigenvalue weighted by atomic mass is 19.4. The van der Waals surface area contributed by atoms with Crippen LogP contribution in [-0.4, -0.2) is 58.8 Å². The molecule has 5 nitrogen and oxygen atoms in total. The molecule has 4 aliphatic rings. The van der Waals surface area contributed by atoms with Crippen LogP contribution in [0.25, 0.3) is 0 Å². The Labute approximate surface area is 256 Å². The van der Waals surface area contributed by atoms with Gasteiger partial charge in [-0.05, 0) is 111 Å². The molecule has 2 atom stereocenters. The van der Waals surface area contributed by atoms with E-state index in [4.69, 9.17) is 4.74 Å². The molecule has 12 heteroatoms. The van der Waals surface area contributed by atoms with Crippen LogP contribution in [0.1, 0.15) is 82.6 Å². The van der Waals surface area contributed by atoms with Crippen LogP contribution in [0.4, 0.5) is 30.7 Å². The maximum absolute atomic E-state index is 13.9. The van der Waals surface area contributed by atoms with Crippen LogP contribution in [0.15, 0.2) is 42.6 Å². The van der Waals surface area contributed by atoms with E-state index in [1.54, 1.807) is 11.0 Å². The highest BCUT2D eigenvalue weighted by Crippen LogP contribution is 2.52. The summed E-state index contributed by atoms with van der Waals surface area (Å²) in [7, 11) is 0. The summed E-state index contributed by atoms with van der Waals surface area (Å²) in [5, 5.41) is 9.28. The van der Waals surface area contributed by atoms with Gasteiger partial charge in [0.1, 0.15) is 11.4 Å². The summed E-state index contributed by atoms with van der Waals surface area (Å²) in [6, 6.07) is 5.46. The summed E-state index contributed by atoms with van der Waals surface area (Å²) in [4.78, 5) is 15.5. The molecule has 3 fully saturated rings. The Morgan fingerprint density at radius 2 is 1.67 bits per heavy atom. The molecule has 2 saturated heterocycles. The van der Waals surface area contributed by atoms with E-state index in [1.165, 1.54) is 12.1 Å². The number of carboxylic acid groups (broad SMARTS) is 1. The lowest BCUT2D eigenvalue weighted by atomic mass is 9.82. The number of likely N-dealkylation sites (tertiary alicyclic amines) is 1. The van der Waals surface area contributed by atoms with Gasteiger partial charge < -0.3 is 14.7 Å². The molecular formula is C33H35F7N2O3. The van der Waals surface area contributed by atoms with Crippen LogP contribution in [-0.2, 0) is 30.1 Å². The van der Waals surface area contributed by atoms with Gasteiger partial charge in [0.05, 0.1) is 23.3 Å². The van der Waals surface area contributed by atoms with Gasteiger partial charge in [0, 0.05) is 24.8 Å². The van der Waals surface area contributed by atoms with E-state index in [9.17, 15) is 40.6 Å². The molecule has 2 aromatic carbocycles. The standard InChI is InChI=1S/C33H35F7N2O3/c1-19(42-13-9-26-22(17-42)14-24(32(35,36)37)16-28(26)33(38,39)40)31(23-3-4-23)10-6-25(18-45-31)41-11-7-20(8-12-41)21-2-5-29(34)27(15-21)30(43)44/h2,5,14-16,20,23,25H,1,3-4,6-13,17-18H2,(H,43,44)/t25-,31-/m1/s1. The van der Waals surface area contributed by atoms with Crippen molar-refractivity contribution in [3.8, 4) is 0 Å². The van der Waals surface area contributed by atoms with Gasteiger partial charge in [-0.2, -0.15) is 26.3 Å². The molecule has 1 N–H and O–H groups in total. The monoisotopic (exact) mass is 640 g/mol. The van der Waals surface area contributed by atoms with E-state index < -0.39 is 40.9 Å². The first kappa shape index (κ1) is 31.8. The molecule has 0 bridgehead atoms. The van der Waals surface area contributed by atoms with Crippen molar-refractivity contribution in [1.82, 2.24) is 9.80 Å². The van der Waals surface area contributed by atoms with E-state index in [0.29, 0.717) is 18.7 Å². The first-order chi connectivity index (χ1) is 21.2. The number of fused-ring (bicyclic) bond motifs is 1. The number of halogens is 7. The molecule has 0 spiro atoms. The van der Waals surface area contributed by atoms with E-state index in [-0.39, 0.29) is 60.1 Å². The molecular weight excluding hydrogens is 605 g/mol. The summed E-state index contributed by atoms with van der Waals surface area (Å²) >= 11 is 0. The highest BCUT2D eigenvalue weighted by molar-refractivity contribution is 5.88. The third-order valence-electron chi connectivity index (χ3n) is 10.2. The molecule has 3 heterocycles. The first-order valence-electron chi connectivity index (χ1n) is 15.3. The lowest BCUT2D eigenvalue weighted by molar-refractivity contribution is -0.143. The molecule has 244 valence electrons. The van der Waals surface area contributed by atoms with Crippen LogP contribution < -0.4 is 0 Å². The Balaban J connectivity index is 1.12. The molecule has 0 aromatic heterocycles. The zero-order valence-electron chi connectivity index (χ0n) is 24.6. The van der Waals surface area contributed by atoms with Crippen LogP contribution in [0.3, 0.4) is 0 Å². The van der Waals surface area contributed by atoms with Crippen molar-refractivity contribution in [3.63, 3.8) is 0 Å². The Morgan fingerprint density at radius 3 is 2.24 bits per heavy atom. The van der Waals surface area contributed by atoms with Gasteiger partial charge in [-0.3, -0.25) is 4.90 Å². The molecule has 3 aliphatic heterocycles.